The summed E-state index contributed by atoms with van der Waals surface area (Å²) in [7, 11) is 3.50. The summed E-state index contributed by atoms with van der Waals surface area (Å²) in [4.78, 5) is 31.8. The van der Waals surface area contributed by atoms with Gasteiger partial charge in [0.2, 0.25) is 0 Å². The van der Waals surface area contributed by atoms with Gasteiger partial charge in [-0.25, -0.2) is 4.99 Å². The third-order valence-electron chi connectivity index (χ3n) is 6.11. The molecule has 3 aliphatic heterocycles. The summed E-state index contributed by atoms with van der Waals surface area (Å²) in [6.07, 6.45) is 0. The third-order valence-corrected chi connectivity index (χ3v) is 6.36. The molecule has 4 atom stereocenters. The second kappa shape index (κ2) is 6.36. The first-order valence-corrected chi connectivity index (χ1v) is 9.25. The summed E-state index contributed by atoms with van der Waals surface area (Å²) in [5.74, 6) is -0.561. The number of halogens is 1. The number of fused-ring (bicyclic) bond motifs is 3. The van der Waals surface area contributed by atoms with Gasteiger partial charge in [0.05, 0.1) is 13.1 Å². The standard InChI is InChI=1S/C17H20ClN5O5/c1-20-7-13-16(22(24)25)9-21(2)8-14(16)19-15(17(13,10-20)23(26)27)28-12-5-3-11(18)4-6-12/h3-6,13-14H,7-10H2,1-2H3. The van der Waals surface area contributed by atoms with Crippen molar-refractivity contribution >= 4 is 17.5 Å². The molecule has 0 spiro atoms. The highest BCUT2D eigenvalue weighted by molar-refractivity contribution is 6.30. The van der Waals surface area contributed by atoms with Crippen molar-refractivity contribution in [2.24, 2.45) is 10.9 Å². The number of hydrogen-bond donors (Lipinski definition) is 0. The van der Waals surface area contributed by atoms with Crippen molar-refractivity contribution < 1.29 is 14.6 Å². The zero-order chi connectivity index (χ0) is 20.3. The fraction of sp³-hybridized carbons (Fsp3) is 0.588. The molecule has 0 aliphatic carbocycles. The number of rotatable bonds is 3. The Labute approximate surface area is 166 Å². The first-order chi connectivity index (χ1) is 13.2. The largest absolute Gasteiger partial charge is 0.437 e. The van der Waals surface area contributed by atoms with E-state index in [1.807, 2.05) is 4.90 Å². The summed E-state index contributed by atoms with van der Waals surface area (Å²) in [6, 6.07) is 5.72. The fourth-order valence-electron chi connectivity index (χ4n) is 4.94. The number of hydrogen-bond acceptors (Lipinski definition) is 8. The van der Waals surface area contributed by atoms with E-state index in [-0.39, 0.29) is 30.5 Å². The molecule has 2 fully saturated rings. The molecule has 150 valence electrons. The van der Waals surface area contributed by atoms with E-state index in [0.29, 0.717) is 17.3 Å². The number of likely N-dealkylation sites (tertiary alicyclic amines) is 2. The van der Waals surface area contributed by atoms with Crippen LogP contribution in [0.1, 0.15) is 0 Å². The summed E-state index contributed by atoms with van der Waals surface area (Å²) in [6.45, 7) is 0.706. The van der Waals surface area contributed by atoms with Crippen molar-refractivity contribution in [3.05, 3.63) is 49.5 Å². The van der Waals surface area contributed by atoms with Gasteiger partial charge < -0.3 is 4.74 Å². The minimum atomic E-state index is -1.77. The molecular weight excluding hydrogens is 390 g/mol. The quantitative estimate of drug-likeness (QED) is 0.541. The Kier molecular flexibility index (Phi) is 4.32. The van der Waals surface area contributed by atoms with Gasteiger partial charge in [0.1, 0.15) is 17.7 Å². The van der Waals surface area contributed by atoms with Gasteiger partial charge in [-0.1, -0.05) is 11.6 Å². The number of nitrogens with zero attached hydrogens (tertiary/aromatic N) is 5. The number of nitro groups is 2. The van der Waals surface area contributed by atoms with Gasteiger partial charge in [-0.2, -0.15) is 0 Å². The van der Waals surface area contributed by atoms with Gasteiger partial charge in [-0.15, -0.1) is 0 Å². The topological polar surface area (TPSA) is 114 Å². The average molecular weight is 410 g/mol. The molecule has 1 aromatic carbocycles. The van der Waals surface area contributed by atoms with Crippen LogP contribution in [-0.4, -0.2) is 82.9 Å². The second-order valence-corrected chi connectivity index (χ2v) is 8.32. The maximum atomic E-state index is 12.4. The van der Waals surface area contributed by atoms with Crippen LogP contribution in [0.3, 0.4) is 0 Å². The maximum Gasteiger partial charge on any atom is 0.319 e. The molecule has 3 aliphatic rings. The zero-order valence-electron chi connectivity index (χ0n) is 15.4. The van der Waals surface area contributed by atoms with Crippen LogP contribution in [-0.2, 0) is 0 Å². The molecule has 28 heavy (non-hydrogen) atoms. The molecule has 0 bridgehead atoms. The van der Waals surface area contributed by atoms with Crippen molar-refractivity contribution in [2.75, 3.05) is 40.3 Å². The van der Waals surface area contributed by atoms with E-state index in [1.165, 1.54) is 0 Å². The number of likely N-dealkylation sites (N-methyl/N-ethyl adjacent to an activating group) is 2. The minimum Gasteiger partial charge on any atom is -0.437 e. The summed E-state index contributed by atoms with van der Waals surface area (Å²) in [5, 5.41) is 25.1. The first-order valence-electron chi connectivity index (χ1n) is 8.88. The Balaban J connectivity index is 1.87. The van der Waals surface area contributed by atoms with Gasteiger partial charge in [-0.05, 0) is 38.4 Å². The van der Waals surface area contributed by atoms with Crippen LogP contribution in [0.5, 0.6) is 5.75 Å². The molecule has 4 unspecified atom stereocenters. The molecular formula is C17H20ClN5O5. The highest BCUT2D eigenvalue weighted by atomic mass is 35.5. The van der Waals surface area contributed by atoms with E-state index in [4.69, 9.17) is 16.3 Å². The molecule has 10 nitrogen and oxygen atoms in total. The Morgan fingerprint density at radius 2 is 1.75 bits per heavy atom. The van der Waals surface area contributed by atoms with E-state index in [1.54, 1.807) is 43.3 Å². The normalized spacial score (nSPS) is 35.2. The molecule has 1 aromatic rings. The van der Waals surface area contributed by atoms with Crippen molar-refractivity contribution in [3.8, 4) is 5.75 Å². The lowest BCUT2D eigenvalue weighted by molar-refractivity contribution is -0.616. The Morgan fingerprint density at radius 1 is 1.11 bits per heavy atom. The van der Waals surface area contributed by atoms with Gasteiger partial charge in [0, 0.05) is 28.0 Å². The monoisotopic (exact) mass is 409 g/mol. The van der Waals surface area contributed by atoms with Crippen LogP contribution >= 0.6 is 11.6 Å². The van der Waals surface area contributed by atoms with Gasteiger partial charge in [0.15, 0.2) is 0 Å². The van der Waals surface area contributed by atoms with Gasteiger partial charge in [0.25, 0.3) is 11.4 Å². The van der Waals surface area contributed by atoms with Crippen LogP contribution in [0.25, 0.3) is 0 Å². The summed E-state index contributed by atoms with van der Waals surface area (Å²) in [5.41, 5.74) is -3.29. The summed E-state index contributed by atoms with van der Waals surface area (Å²) >= 11 is 5.90. The number of ether oxygens (including phenoxy) is 1. The van der Waals surface area contributed by atoms with E-state index < -0.39 is 28.0 Å². The van der Waals surface area contributed by atoms with Crippen LogP contribution in [0.2, 0.25) is 5.02 Å². The first kappa shape index (κ1) is 19.0. The van der Waals surface area contributed by atoms with Crippen LogP contribution in [0, 0.1) is 26.1 Å². The van der Waals surface area contributed by atoms with Crippen LogP contribution < -0.4 is 4.74 Å². The third kappa shape index (κ3) is 2.51. The molecule has 11 heteroatoms. The Hall–Kier alpha value is -2.30. The fourth-order valence-corrected chi connectivity index (χ4v) is 5.07. The van der Waals surface area contributed by atoms with Gasteiger partial charge >= 0.3 is 5.54 Å². The lowest BCUT2D eigenvalue weighted by Crippen LogP contribution is -2.70. The van der Waals surface area contributed by atoms with E-state index in [9.17, 15) is 20.2 Å². The summed E-state index contributed by atoms with van der Waals surface area (Å²) < 4.78 is 5.89. The highest BCUT2D eigenvalue weighted by Crippen LogP contribution is 2.49. The van der Waals surface area contributed by atoms with Crippen molar-refractivity contribution in [3.63, 3.8) is 0 Å². The molecule has 0 amide bonds. The predicted octanol–water partition coefficient (Wildman–Crippen LogP) is 1.04. The maximum absolute atomic E-state index is 12.4. The van der Waals surface area contributed by atoms with E-state index in [0.717, 1.165) is 0 Å². The Morgan fingerprint density at radius 3 is 2.36 bits per heavy atom. The zero-order valence-corrected chi connectivity index (χ0v) is 16.2. The minimum absolute atomic E-state index is 0.00309. The molecule has 0 saturated carbocycles. The number of benzene rings is 1. The SMILES string of the molecule is CN1CC2C([N+](=O)[O-])(C1)C(Oc1ccc(Cl)cc1)=NC1CN(C)CC12[N+](=O)[O-]. The smallest absolute Gasteiger partial charge is 0.319 e. The van der Waals surface area contributed by atoms with Crippen LogP contribution in [0.15, 0.2) is 29.3 Å². The van der Waals surface area contributed by atoms with Crippen LogP contribution in [0.4, 0.5) is 0 Å². The Bertz CT molecular complexity index is 864. The van der Waals surface area contributed by atoms with E-state index >= 15 is 0 Å². The van der Waals surface area contributed by atoms with Crippen molar-refractivity contribution in [2.45, 2.75) is 17.1 Å². The van der Waals surface area contributed by atoms with Gasteiger partial charge in [-0.3, -0.25) is 30.0 Å². The average Bonchev–Trinajstić information content (AvgIpc) is 3.15. The molecule has 4 rings (SSSR count). The second-order valence-electron chi connectivity index (χ2n) is 7.88. The number of aliphatic imine (C=N–C) groups is 1. The van der Waals surface area contributed by atoms with Crippen molar-refractivity contribution in [1.29, 1.82) is 0 Å². The van der Waals surface area contributed by atoms with Crippen molar-refractivity contribution in [1.82, 2.24) is 9.80 Å². The molecule has 2 saturated heterocycles. The predicted molar refractivity (Wildman–Crippen MR) is 101 cm³/mol. The molecule has 0 N–H and O–H groups in total. The lowest BCUT2D eigenvalue weighted by Gasteiger charge is -2.39. The van der Waals surface area contributed by atoms with E-state index in [2.05, 4.69) is 4.99 Å². The molecule has 0 aromatic heterocycles. The highest BCUT2D eigenvalue weighted by Gasteiger charge is 2.79. The molecule has 0 radical (unpaired) electrons. The molecule has 3 heterocycles. The lowest BCUT2D eigenvalue weighted by atomic mass is 9.68.